The van der Waals surface area contributed by atoms with Crippen molar-refractivity contribution in [3.05, 3.63) is 107 Å². The average molecular weight is 326 g/mol. The number of hydrogen-bond donors (Lipinski definition) is 0. The van der Waals surface area contributed by atoms with Crippen LogP contribution in [0, 0.1) is 0 Å². The zero-order chi connectivity index (χ0) is 17.2. The smallest absolute Gasteiger partial charge is 0.190 e. The summed E-state index contributed by atoms with van der Waals surface area (Å²) in [6, 6.07) is 25.9. The summed E-state index contributed by atoms with van der Waals surface area (Å²) in [7, 11) is 1.66. The molecule has 1 aliphatic rings. The lowest BCUT2D eigenvalue weighted by atomic mass is 9.89. The van der Waals surface area contributed by atoms with Crippen LogP contribution in [0.25, 0.3) is 6.08 Å². The molecule has 0 N–H and O–H groups in total. The van der Waals surface area contributed by atoms with Gasteiger partial charge in [-0.3, -0.25) is 4.79 Å². The number of benzene rings is 3. The Morgan fingerprint density at radius 2 is 1.52 bits per heavy atom. The Morgan fingerprint density at radius 1 is 0.840 bits per heavy atom. The summed E-state index contributed by atoms with van der Waals surface area (Å²) in [5, 5.41) is 0. The van der Waals surface area contributed by atoms with Gasteiger partial charge in [0, 0.05) is 17.1 Å². The van der Waals surface area contributed by atoms with Gasteiger partial charge in [0.25, 0.3) is 0 Å². The highest BCUT2D eigenvalue weighted by Crippen LogP contribution is 2.43. The van der Waals surface area contributed by atoms with Crippen LogP contribution in [-0.2, 0) is 0 Å². The standard InChI is InChI=1S/C23H18O2/c1-25-18-13-11-17(12-14-18)22-19-9-5-6-10-20(19)23(24)21(22)15-16-7-3-2-4-8-16/h2-15,22H,1H3/b21-15-. The van der Waals surface area contributed by atoms with Crippen LogP contribution >= 0.6 is 0 Å². The third kappa shape index (κ3) is 2.76. The Bertz CT molecular complexity index is 937. The molecule has 2 heteroatoms. The van der Waals surface area contributed by atoms with E-state index in [4.69, 9.17) is 4.74 Å². The third-order valence-corrected chi connectivity index (χ3v) is 4.66. The van der Waals surface area contributed by atoms with Gasteiger partial charge in [-0.15, -0.1) is 0 Å². The van der Waals surface area contributed by atoms with Crippen molar-refractivity contribution in [1.82, 2.24) is 0 Å². The topological polar surface area (TPSA) is 26.3 Å². The number of fused-ring (bicyclic) bond motifs is 1. The van der Waals surface area contributed by atoms with Gasteiger partial charge in [0.1, 0.15) is 5.75 Å². The third-order valence-electron chi connectivity index (χ3n) is 4.66. The van der Waals surface area contributed by atoms with Crippen LogP contribution in [0.1, 0.15) is 33.0 Å². The van der Waals surface area contributed by atoms with Crippen molar-refractivity contribution in [2.75, 3.05) is 7.11 Å². The lowest BCUT2D eigenvalue weighted by molar-refractivity contribution is 0.103. The summed E-state index contributed by atoms with van der Waals surface area (Å²) < 4.78 is 5.26. The first-order chi connectivity index (χ1) is 12.3. The molecule has 1 aliphatic carbocycles. The molecule has 0 saturated heterocycles. The summed E-state index contributed by atoms with van der Waals surface area (Å²) in [6.45, 7) is 0. The van der Waals surface area contributed by atoms with Gasteiger partial charge in [0.15, 0.2) is 5.78 Å². The molecule has 3 aromatic carbocycles. The maximum absolute atomic E-state index is 13.0. The van der Waals surface area contributed by atoms with Crippen molar-refractivity contribution in [3.8, 4) is 5.75 Å². The number of ketones is 1. The van der Waals surface area contributed by atoms with Gasteiger partial charge >= 0.3 is 0 Å². The highest BCUT2D eigenvalue weighted by molar-refractivity contribution is 6.17. The highest BCUT2D eigenvalue weighted by Gasteiger charge is 2.35. The fourth-order valence-electron chi connectivity index (χ4n) is 3.44. The molecule has 1 unspecified atom stereocenters. The molecule has 0 heterocycles. The molecule has 0 saturated carbocycles. The molecule has 25 heavy (non-hydrogen) atoms. The number of methoxy groups -OCH3 is 1. The SMILES string of the molecule is COc1ccc(C2/C(=C/c3ccccc3)C(=O)c3ccccc32)cc1. The van der Waals surface area contributed by atoms with Gasteiger partial charge < -0.3 is 4.74 Å². The van der Waals surface area contributed by atoms with E-state index in [1.54, 1.807) is 7.11 Å². The molecule has 3 aromatic rings. The molecule has 0 aliphatic heterocycles. The molecule has 0 bridgehead atoms. The lowest BCUT2D eigenvalue weighted by Crippen LogP contribution is -2.02. The summed E-state index contributed by atoms with van der Waals surface area (Å²) in [5.74, 6) is 0.880. The number of carbonyl (C=O) groups is 1. The number of allylic oxidation sites excluding steroid dienone is 1. The van der Waals surface area contributed by atoms with E-state index in [1.807, 2.05) is 84.9 Å². The first-order valence-electron chi connectivity index (χ1n) is 8.32. The Hall–Kier alpha value is -3.13. The predicted octanol–water partition coefficient (Wildman–Crippen LogP) is 5.11. The first-order valence-corrected chi connectivity index (χ1v) is 8.32. The molecule has 0 amide bonds. The number of ether oxygens (including phenoxy) is 1. The van der Waals surface area contributed by atoms with Crippen LogP contribution < -0.4 is 4.74 Å². The van der Waals surface area contributed by atoms with E-state index in [9.17, 15) is 4.79 Å². The summed E-state index contributed by atoms with van der Waals surface area (Å²) >= 11 is 0. The quantitative estimate of drug-likeness (QED) is 0.625. The van der Waals surface area contributed by atoms with E-state index in [0.717, 1.165) is 33.6 Å². The van der Waals surface area contributed by atoms with Crippen LogP contribution in [-0.4, -0.2) is 12.9 Å². The van der Waals surface area contributed by atoms with Gasteiger partial charge in [-0.2, -0.15) is 0 Å². The second-order valence-electron chi connectivity index (χ2n) is 6.13. The van der Waals surface area contributed by atoms with Gasteiger partial charge in [0.2, 0.25) is 0 Å². The van der Waals surface area contributed by atoms with E-state index in [2.05, 4.69) is 0 Å². The Morgan fingerprint density at radius 3 is 2.24 bits per heavy atom. The van der Waals surface area contributed by atoms with Crippen molar-refractivity contribution in [2.24, 2.45) is 0 Å². The van der Waals surface area contributed by atoms with E-state index < -0.39 is 0 Å². The molecule has 0 fully saturated rings. The Kier molecular flexibility index (Phi) is 3.95. The average Bonchev–Trinajstić information content (AvgIpc) is 2.95. The number of rotatable bonds is 3. The Labute approximate surface area is 147 Å². The van der Waals surface area contributed by atoms with Crippen molar-refractivity contribution in [1.29, 1.82) is 0 Å². The molecule has 0 aromatic heterocycles. The number of carbonyl (C=O) groups excluding carboxylic acids is 1. The Balaban J connectivity index is 1.87. The molecule has 2 nitrogen and oxygen atoms in total. The minimum atomic E-state index is -0.0465. The fraction of sp³-hybridized carbons (Fsp3) is 0.0870. The largest absolute Gasteiger partial charge is 0.497 e. The van der Waals surface area contributed by atoms with Crippen molar-refractivity contribution >= 4 is 11.9 Å². The normalized spacial score (nSPS) is 17.6. The molecule has 1 atom stereocenters. The second kappa shape index (κ2) is 6.40. The predicted molar refractivity (Wildman–Crippen MR) is 100 cm³/mol. The van der Waals surface area contributed by atoms with Crippen molar-refractivity contribution < 1.29 is 9.53 Å². The van der Waals surface area contributed by atoms with E-state index in [0.29, 0.717) is 0 Å². The second-order valence-corrected chi connectivity index (χ2v) is 6.13. The van der Waals surface area contributed by atoms with E-state index >= 15 is 0 Å². The van der Waals surface area contributed by atoms with Crippen molar-refractivity contribution in [2.45, 2.75) is 5.92 Å². The van der Waals surface area contributed by atoms with Crippen LogP contribution in [0.15, 0.2) is 84.4 Å². The summed E-state index contributed by atoms with van der Waals surface area (Å²) in [5.41, 5.74) is 4.82. The molecular weight excluding hydrogens is 308 g/mol. The monoisotopic (exact) mass is 326 g/mol. The maximum atomic E-state index is 13.0. The molecule has 122 valence electrons. The molecular formula is C23H18O2. The first kappa shape index (κ1) is 15.4. The van der Waals surface area contributed by atoms with Gasteiger partial charge in [-0.25, -0.2) is 0 Å². The van der Waals surface area contributed by atoms with Crippen LogP contribution in [0.3, 0.4) is 0 Å². The zero-order valence-electron chi connectivity index (χ0n) is 14.0. The zero-order valence-corrected chi connectivity index (χ0v) is 14.0. The number of hydrogen-bond acceptors (Lipinski definition) is 2. The van der Waals surface area contributed by atoms with Crippen molar-refractivity contribution in [3.63, 3.8) is 0 Å². The molecule has 0 radical (unpaired) electrons. The van der Waals surface area contributed by atoms with E-state index in [-0.39, 0.29) is 11.7 Å². The highest BCUT2D eigenvalue weighted by atomic mass is 16.5. The number of Topliss-reactive ketones (excluding diaryl/α,β-unsaturated/α-hetero) is 1. The van der Waals surface area contributed by atoms with Crippen LogP contribution in [0.5, 0.6) is 5.75 Å². The maximum Gasteiger partial charge on any atom is 0.190 e. The molecule has 0 spiro atoms. The van der Waals surface area contributed by atoms with Crippen LogP contribution in [0.2, 0.25) is 0 Å². The fourth-order valence-corrected chi connectivity index (χ4v) is 3.44. The minimum Gasteiger partial charge on any atom is -0.497 e. The summed E-state index contributed by atoms with van der Waals surface area (Å²) in [4.78, 5) is 13.0. The van der Waals surface area contributed by atoms with Gasteiger partial charge in [-0.05, 0) is 34.9 Å². The molecule has 4 rings (SSSR count). The summed E-state index contributed by atoms with van der Waals surface area (Å²) in [6.07, 6.45) is 2.01. The van der Waals surface area contributed by atoms with Gasteiger partial charge in [-0.1, -0.05) is 66.7 Å². The van der Waals surface area contributed by atoms with Crippen LogP contribution in [0.4, 0.5) is 0 Å². The van der Waals surface area contributed by atoms with Gasteiger partial charge in [0.05, 0.1) is 7.11 Å². The lowest BCUT2D eigenvalue weighted by Gasteiger charge is -2.14. The van der Waals surface area contributed by atoms with E-state index in [1.165, 1.54) is 0 Å². The minimum absolute atomic E-state index is 0.0465.